The Morgan fingerprint density at radius 2 is 1.97 bits per heavy atom. The van der Waals surface area contributed by atoms with E-state index in [0.29, 0.717) is 32.8 Å². The van der Waals surface area contributed by atoms with Crippen molar-refractivity contribution in [1.82, 2.24) is 4.90 Å². The molecule has 2 aromatic carbocycles. The van der Waals surface area contributed by atoms with Crippen molar-refractivity contribution in [2.75, 3.05) is 26.1 Å². The molecule has 31 heavy (non-hydrogen) atoms. The fraction of sp³-hybridized carbons (Fsp3) is 0.227. The van der Waals surface area contributed by atoms with Gasteiger partial charge in [-0.15, -0.1) is 0 Å². The summed E-state index contributed by atoms with van der Waals surface area (Å²) < 4.78 is 11.0. The molecule has 1 aliphatic rings. The van der Waals surface area contributed by atoms with Crippen molar-refractivity contribution in [3.8, 4) is 17.2 Å². The molecule has 3 rings (SSSR count). The Bertz CT molecular complexity index is 1040. The van der Waals surface area contributed by atoms with Crippen molar-refractivity contribution < 1.29 is 24.2 Å². The molecule has 0 aromatic heterocycles. The minimum Gasteiger partial charge on any atom is -0.508 e. The molecule has 0 saturated carbocycles. The van der Waals surface area contributed by atoms with Gasteiger partial charge < -0.3 is 19.9 Å². The fourth-order valence-electron chi connectivity index (χ4n) is 2.97. The molecule has 162 valence electrons. The number of allylic oxidation sites excluding steroid dienone is 1. The van der Waals surface area contributed by atoms with Gasteiger partial charge in [0.05, 0.1) is 19.1 Å². The minimum atomic E-state index is -0.269. The molecule has 9 heteroatoms. The highest BCUT2D eigenvalue weighted by Crippen LogP contribution is 2.32. The summed E-state index contributed by atoms with van der Waals surface area (Å²) in [6.07, 6.45) is 2.45. The van der Waals surface area contributed by atoms with Crippen LogP contribution in [0.25, 0.3) is 0 Å². The van der Waals surface area contributed by atoms with E-state index in [4.69, 9.17) is 21.7 Å². The summed E-state index contributed by atoms with van der Waals surface area (Å²) in [6, 6.07) is 11.9. The summed E-state index contributed by atoms with van der Waals surface area (Å²) in [4.78, 5) is 26.9. The maximum absolute atomic E-state index is 12.7. The Hall–Kier alpha value is -3.04. The van der Waals surface area contributed by atoms with E-state index in [9.17, 15) is 14.7 Å². The highest BCUT2D eigenvalue weighted by atomic mass is 32.2. The molecule has 0 radical (unpaired) electrons. The van der Waals surface area contributed by atoms with Crippen LogP contribution in [0.3, 0.4) is 0 Å². The third-order valence-corrected chi connectivity index (χ3v) is 5.96. The lowest BCUT2D eigenvalue weighted by Crippen LogP contribution is -2.31. The molecule has 1 fully saturated rings. The van der Waals surface area contributed by atoms with E-state index in [-0.39, 0.29) is 30.5 Å². The van der Waals surface area contributed by atoms with Gasteiger partial charge in [0.2, 0.25) is 5.91 Å². The Morgan fingerprint density at radius 1 is 1.19 bits per heavy atom. The molecule has 7 nitrogen and oxygen atoms in total. The number of amides is 2. The smallest absolute Gasteiger partial charge is 0.265 e. The van der Waals surface area contributed by atoms with E-state index in [1.165, 1.54) is 28.8 Å². The zero-order chi connectivity index (χ0) is 22.4. The standard InChI is InChI=1S/C22H22N2O5S2/c1-28-17-8-6-14(12-18(17)29-2)7-9-19-21(27)24(22(30)31-19)11-10-20(26)23-15-4-3-5-16(25)13-15/h3-6,8-9,12-13,25H,7,10-11H2,1-2H3,(H,23,26)/b19-9-. The molecule has 1 aliphatic heterocycles. The van der Waals surface area contributed by atoms with Gasteiger partial charge in [-0.1, -0.05) is 42.2 Å². The number of aromatic hydroxyl groups is 1. The zero-order valence-corrected chi connectivity index (χ0v) is 18.7. The molecule has 0 bridgehead atoms. The Labute approximate surface area is 190 Å². The number of nitrogens with zero attached hydrogens (tertiary/aromatic N) is 1. The van der Waals surface area contributed by atoms with E-state index in [1.807, 2.05) is 24.3 Å². The molecule has 2 N–H and O–H groups in total. The van der Waals surface area contributed by atoms with Crippen LogP contribution in [0.5, 0.6) is 17.2 Å². The van der Waals surface area contributed by atoms with Gasteiger partial charge in [0.15, 0.2) is 11.5 Å². The van der Waals surface area contributed by atoms with Crippen LogP contribution in [0.15, 0.2) is 53.4 Å². The van der Waals surface area contributed by atoms with Gasteiger partial charge >= 0.3 is 0 Å². The van der Waals surface area contributed by atoms with Crippen molar-refractivity contribution in [1.29, 1.82) is 0 Å². The van der Waals surface area contributed by atoms with Crippen LogP contribution < -0.4 is 14.8 Å². The Morgan fingerprint density at radius 3 is 2.68 bits per heavy atom. The Balaban J connectivity index is 1.58. The first kappa shape index (κ1) is 22.6. The number of carbonyl (C=O) groups excluding carboxylic acids is 2. The van der Waals surface area contributed by atoms with Crippen LogP contribution in [0, 0.1) is 0 Å². The number of phenols is 1. The van der Waals surface area contributed by atoms with Crippen molar-refractivity contribution >= 4 is 45.8 Å². The topological polar surface area (TPSA) is 88.1 Å². The van der Waals surface area contributed by atoms with Crippen LogP contribution in [-0.4, -0.2) is 46.9 Å². The first-order valence-corrected chi connectivity index (χ1v) is 10.7. The molecular weight excluding hydrogens is 436 g/mol. The number of phenolic OH excluding ortho intramolecular Hbond substituents is 1. The van der Waals surface area contributed by atoms with Crippen LogP contribution in [0.4, 0.5) is 5.69 Å². The minimum absolute atomic E-state index is 0.0642. The van der Waals surface area contributed by atoms with Gasteiger partial charge in [0.25, 0.3) is 5.91 Å². The van der Waals surface area contributed by atoms with Gasteiger partial charge in [-0.25, -0.2) is 0 Å². The lowest BCUT2D eigenvalue weighted by atomic mass is 10.1. The van der Waals surface area contributed by atoms with Gasteiger partial charge in [-0.3, -0.25) is 14.5 Å². The van der Waals surface area contributed by atoms with Crippen LogP contribution in [0.1, 0.15) is 12.0 Å². The summed E-state index contributed by atoms with van der Waals surface area (Å²) >= 11 is 6.55. The molecule has 0 spiro atoms. The molecule has 0 atom stereocenters. The number of ether oxygens (including phenoxy) is 2. The summed E-state index contributed by atoms with van der Waals surface area (Å²) in [5.41, 5.74) is 1.46. The predicted molar refractivity (Wildman–Crippen MR) is 125 cm³/mol. The number of thioether (sulfide) groups is 1. The number of rotatable bonds is 8. The number of hydrogen-bond donors (Lipinski definition) is 2. The highest BCUT2D eigenvalue weighted by Gasteiger charge is 2.31. The summed E-state index contributed by atoms with van der Waals surface area (Å²) in [6.45, 7) is 0.184. The van der Waals surface area contributed by atoms with Gasteiger partial charge in [0, 0.05) is 24.7 Å². The van der Waals surface area contributed by atoms with Gasteiger partial charge in [0.1, 0.15) is 10.1 Å². The monoisotopic (exact) mass is 458 g/mol. The second-order valence-corrected chi connectivity index (χ2v) is 8.31. The van der Waals surface area contributed by atoms with Gasteiger partial charge in [-0.05, 0) is 36.2 Å². The molecule has 1 saturated heterocycles. The largest absolute Gasteiger partial charge is 0.508 e. The maximum atomic E-state index is 12.7. The number of anilines is 1. The fourth-order valence-corrected chi connectivity index (χ4v) is 4.25. The number of benzene rings is 2. The Kier molecular flexibility index (Phi) is 7.54. The van der Waals surface area contributed by atoms with Crippen molar-refractivity contribution in [2.45, 2.75) is 12.8 Å². The number of carbonyl (C=O) groups is 2. The third kappa shape index (κ3) is 5.77. The second kappa shape index (κ2) is 10.3. The second-order valence-electron chi connectivity index (χ2n) is 6.64. The molecule has 2 amide bonds. The molecule has 2 aromatic rings. The van der Waals surface area contributed by atoms with E-state index in [1.54, 1.807) is 26.4 Å². The van der Waals surface area contributed by atoms with Gasteiger partial charge in [-0.2, -0.15) is 0 Å². The number of nitrogens with one attached hydrogen (secondary N) is 1. The average molecular weight is 459 g/mol. The number of hydrogen-bond acceptors (Lipinski definition) is 7. The lowest BCUT2D eigenvalue weighted by Gasteiger charge is -2.14. The summed E-state index contributed by atoms with van der Waals surface area (Å²) in [5.74, 6) is 0.851. The summed E-state index contributed by atoms with van der Waals surface area (Å²) in [5, 5.41) is 12.2. The van der Waals surface area contributed by atoms with Crippen LogP contribution >= 0.6 is 24.0 Å². The van der Waals surface area contributed by atoms with Crippen molar-refractivity contribution in [3.63, 3.8) is 0 Å². The summed E-state index contributed by atoms with van der Waals surface area (Å²) in [7, 11) is 3.15. The van der Waals surface area contributed by atoms with Crippen LogP contribution in [-0.2, 0) is 16.0 Å². The lowest BCUT2D eigenvalue weighted by molar-refractivity contribution is -0.122. The van der Waals surface area contributed by atoms with E-state index < -0.39 is 0 Å². The quantitative estimate of drug-likeness (QED) is 0.460. The van der Waals surface area contributed by atoms with Crippen LogP contribution in [0.2, 0.25) is 0 Å². The van der Waals surface area contributed by atoms with E-state index in [2.05, 4.69) is 5.32 Å². The van der Waals surface area contributed by atoms with Crippen molar-refractivity contribution in [2.24, 2.45) is 0 Å². The first-order valence-electron chi connectivity index (χ1n) is 9.45. The highest BCUT2D eigenvalue weighted by molar-refractivity contribution is 8.26. The predicted octanol–water partition coefficient (Wildman–Crippen LogP) is 3.72. The van der Waals surface area contributed by atoms with E-state index >= 15 is 0 Å². The first-order chi connectivity index (χ1) is 14.9. The number of thiocarbonyl (C=S) groups is 1. The SMILES string of the molecule is COc1ccc(C/C=C2\SC(=S)N(CCC(=O)Nc3cccc(O)c3)C2=O)cc1OC. The molecule has 1 heterocycles. The molecule has 0 aliphatic carbocycles. The normalized spacial score (nSPS) is 14.8. The maximum Gasteiger partial charge on any atom is 0.265 e. The molecule has 0 unspecified atom stereocenters. The molecular formula is C22H22N2O5S2. The zero-order valence-electron chi connectivity index (χ0n) is 17.1. The average Bonchev–Trinajstić information content (AvgIpc) is 3.03. The van der Waals surface area contributed by atoms with Crippen molar-refractivity contribution in [3.05, 3.63) is 59.0 Å². The number of methoxy groups -OCH3 is 2. The van der Waals surface area contributed by atoms with E-state index in [0.717, 1.165) is 5.56 Å². The third-order valence-electron chi connectivity index (χ3n) is 4.54.